The van der Waals surface area contributed by atoms with Crippen molar-refractivity contribution in [2.75, 3.05) is 19.7 Å². The summed E-state index contributed by atoms with van der Waals surface area (Å²) in [5, 5.41) is 0. The summed E-state index contributed by atoms with van der Waals surface area (Å²) in [5.74, 6) is -3.88. The monoisotopic (exact) mass is 437 g/mol. The Balaban J connectivity index is 1.69. The lowest BCUT2D eigenvalue weighted by Crippen LogP contribution is -2.32. The van der Waals surface area contributed by atoms with Crippen LogP contribution in [0.2, 0.25) is 0 Å². The lowest BCUT2D eigenvalue weighted by molar-refractivity contribution is 0.0474. The van der Waals surface area contributed by atoms with Crippen molar-refractivity contribution in [3.8, 4) is 0 Å². The van der Waals surface area contributed by atoms with E-state index in [-0.39, 0.29) is 16.0 Å². The van der Waals surface area contributed by atoms with Crippen LogP contribution in [0.15, 0.2) is 47.4 Å². The van der Waals surface area contributed by atoms with E-state index >= 15 is 0 Å². The van der Waals surface area contributed by atoms with Gasteiger partial charge in [0.2, 0.25) is 10.0 Å². The number of ether oxygens (including phenoxy) is 1. The van der Waals surface area contributed by atoms with Gasteiger partial charge in [-0.1, -0.05) is 18.9 Å². The third kappa shape index (κ3) is 5.09. The predicted molar refractivity (Wildman–Crippen MR) is 105 cm³/mol. The molecule has 30 heavy (non-hydrogen) atoms. The summed E-state index contributed by atoms with van der Waals surface area (Å²) in [7, 11) is -3.74. The van der Waals surface area contributed by atoms with E-state index in [9.17, 15) is 26.8 Å². The molecule has 1 aliphatic heterocycles. The Morgan fingerprint density at radius 1 is 0.900 bits per heavy atom. The molecule has 1 saturated heterocycles. The van der Waals surface area contributed by atoms with Gasteiger partial charge in [-0.3, -0.25) is 4.79 Å². The average Bonchev–Trinajstić information content (AvgIpc) is 3.04. The summed E-state index contributed by atoms with van der Waals surface area (Å²) in [4.78, 5) is 24.3. The van der Waals surface area contributed by atoms with E-state index in [1.54, 1.807) is 0 Å². The number of carbonyl (C=O) groups is 2. The lowest BCUT2D eigenvalue weighted by atomic mass is 10.1. The van der Waals surface area contributed by atoms with Crippen LogP contribution in [0, 0.1) is 11.6 Å². The van der Waals surface area contributed by atoms with Crippen LogP contribution in [0.3, 0.4) is 0 Å². The molecule has 2 aromatic rings. The Labute approximate surface area is 173 Å². The maximum atomic E-state index is 13.2. The number of halogens is 2. The minimum absolute atomic E-state index is 0.0224. The van der Waals surface area contributed by atoms with E-state index in [2.05, 4.69) is 0 Å². The van der Waals surface area contributed by atoms with Crippen molar-refractivity contribution >= 4 is 21.8 Å². The van der Waals surface area contributed by atoms with Gasteiger partial charge in [-0.05, 0) is 49.2 Å². The Kier molecular flexibility index (Phi) is 6.94. The number of ketones is 1. The first kappa shape index (κ1) is 22.0. The summed E-state index contributed by atoms with van der Waals surface area (Å²) < 4.78 is 58.3. The van der Waals surface area contributed by atoms with Crippen LogP contribution in [-0.4, -0.2) is 44.2 Å². The van der Waals surface area contributed by atoms with Gasteiger partial charge in [0.25, 0.3) is 0 Å². The third-order valence-electron chi connectivity index (χ3n) is 4.85. The van der Waals surface area contributed by atoms with Crippen molar-refractivity contribution in [3.05, 3.63) is 65.2 Å². The Hall–Kier alpha value is -2.65. The second-order valence-corrected chi connectivity index (χ2v) is 8.91. The molecule has 1 fully saturated rings. The summed E-state index contributed by atoms with van der Waals surface area (Å²) in [6.45, 7) is 0.173. The molecule has 2 aromatic carbocycles. The van der Waals surface area contributed by atoms with Gasteiger partial charge in [0.15, 0.2) is 24.0 Å². The first-order valence-corrected chi connectivity index (χ1v) is 11.0. The van der Waals surface area contributed by atoms with Crippen molar-refractivity contribution in [1.29, 1.82) is 0 Å². The molecule has 0 aliphatic carbocycles. The fraction of sp³-hybridized carbons (Fsp3) is 0.333. The van der Waals surface area contributed by atoms with Crippen LogP contribution in [0.1, 0.15) is 46.4 Å². The van der Waals surface area contributed by atoms with Crippen LogP contribution in [-0.2, 0) is 14.8 Å². The molecule has 0 aromatic heterocycles. The number of hydrogen-bond acceptors (Lipinski definition) is 5. The molecule has 0 atom stereocenters. The first-order chi connectivity index (χ1) is 14.3. The zero-order valence-electron chi connectivity index (χ0n) is 16.1. The zero-order chi connectivity index (χ0) is 21.7. The number of hydrogen-bond donors (Lipinski definition) is 0. The number of rotatable bonds is 6. The Morgan fingerprint density at radius 3 is 2.27 bits per heavy atom. The normalized spacial score (nSPS) is 15.4. The molecule has 160 valence electrons. The molecular formula is C21H21F2NO5S. The number of carbonyl (C=O) groups excluding carboxylic acids is 2. The minimum atomic E-state index is -3.74. The van der Waals surface area contributed by atoms with Gasteiger partial charge in [0, 0.05) is 18.7 Å². The molecule has 0 spiro atoms. The highest BCUT2D eigenvalue weighted by Gasteiger charge is 2.26. The number of nitrogens with zero attached hydrogens (tertiary/aromatic N) is 1. The van der Waals surface area contributed by atoms with Gasteiger partial charge in [-0.25, -0.2) is 22.0 Å². The molecular weight excluding hydrogens is 416 g/mol. The van der Waals surface area contributed by atoms with Crippen molar-refractivity contribution in [3.63, 3.8) is 0 Å². The molecule has 0 bridgehead atoms. The fourth-order valence-corrected chi connectivity index (χ4v) is 4.75. The summed E-state index contributed by atoms with van der Waals surface area (Å²) in [6, 6.07) is 8.04. The molecule has 0 saturated carbocycles. The van der Waals surface area contributed by atoms with Crippen LogP contribution >= 0.6 is 0 Å². The highest BCUT2D eigenvalue weighted by molar-refractivity contribution is 7.89. The van der Waals surface area contributed by atoms with E-state index in [4.69, 9.17) is 4.74 Å². The molecule has 0 unspecified atom stereocenters. The number of esters is 1. The van der Waals surface area contributed by atoms with Crippen LogP contribution in [0.5, 0.6) is 0 Å². The number of Topliss-reactive ketones (excluding diaryl/α,β-unsaturated/α-hetero) is 1. The smallest absolute Gasteiger partial charge is 0.338 e. The first-order valence-electron chi connectivity index (χ1n) is 9.54. The van der Waals surface area contributed by atoms with Gasteiger partial charge in [0.1, 0.15) is 0 Å². The van der Waals surface area contributed by atoms with Crippen molar-refractivity contribution < 1.29 is 31.5 Å². The van der Waals surface area contributed by atoms with Gasteiger partial charge in [-0.2, -0.15) is 4.31 Å². The molecule has 0 radical (unpaired) electrons. The second-order valence-electron chi connectivity index (χ2n) is 6.97. The molecule has 0 N–H and O–H groups in total. The third-order valence-corrected chi connectivity index (χ3v) is 6.74. The van der Waals surface area contributed by atoms with E-state index in [0.29, 0.717) is 13.1 Å². The zero-order valence-corrected chi connectivity index (χ0v) is 17.0. The molecule has 9 heteroatoms. The summed E-state index contributed by atoms with van der Waals surface area (Å²) >= 11 is 0. The van der Waals surface area contributed by atoms with Crippen molar-refractivity contribution in [2.24, 2.45) is 0 Å². The van der Waals surface area contributed by atoms with Gasteiger partial charge in [0.05, 0.1) is 10.5 Å². The molecule has 1 heterocycles. The van der Waals surface area contributed by atoms with E-state index in [1.807, 2.05) is 0 Å². The number of sulfonamides is 1. The SMILES string of the molecule is O=C(COC(=O)c1cccc(S(=O)(=O)N2CCCCCC2)c1)c1ccc(F)c(F)c1. The fourth-order valence-electron chi connectivity index (χ4n) is 3.18. The molecule has 0 amide bonds. The highest BCUT2D eigenvalue weighted by atomic mass is 32.2. The average molecular weight is 437 g/mol. The van der Waals surface area contributed by atoms with E-state index in [1.165, 1.54) is 28.6 Å². The quantitative estimate of drug-likeness (QED) is 0.510. The lowest BCUT2D eigenvalue weighted by Gasteiger charge is -2.20. The van der Waals surface area contributed by atoms with Gasteiger partial charge < -0.3 is 4.74 Å². The predicted octanol–water partition coefficient (Wildman–Crippen LogP) is 3.57. The van der Waals surface area contributed by atoms with Gasteiger partial charge in [-0.15, -0.1) is 0 Å². The molecule has 1 aliphatic rings. The standard InChI is InChI=1S/C21H21F2NO5S/c22-18-9-8-15(13-19(18)23)20(25)14-29-21(26)16-6-5-7-17(12-16)30(27,28)24-10-3-1-2-4-11-24/h5-9,12-13H,1-4,10-11,14H2. The highest BCUT2D eigenvalue weighted by Crippen LogP contribution is 2.21. The molecule has 6 nitrogen and oxygen atoms in total. The van der Waals surface area contributed by atoms with E-state index < -0.39 is 40.0 Å². The van der Waals surface area contributed by atoms with E-state index in [0.717, 1.165) is 43.9 Å². The van der Waals surface area contributed by atoms with Crippen molar-refractivity contribution in [2.45, 2.75) is 30.6 Å². The van der Waals surface area contributed by atoms with Crippen LogP contribution < -0.4 is 0 Å². The maximum absolute atomic E-state index is 13.2. The van der Waals surface area contributed by atoms with Crippen LogP contribution in [0.4, 0.5) is 8.78 Å². The summed E-state index contributed by atoms with van der Waals surface area (Å²) in [6.07, 6.45) is 3.52. The Morgan fingerprint density at radius 2 is 1.60 bits per heavy atom. The van der Waals surface area contributed by atoms with Crippen LogP contribution in [0.25, 0.3) is 0 Å². The minimum Gasteiger partial charge on any atom is -0.454 e. The maximum Gasteiger partial charge on any atom is 0.338 e. The number of benzene rings is 2. The van der Waals surface area contributed by atoms with Gasteiger partial charge >= 0.3 is 5.97 Å². The summed E-state index contributed by atoms with van der Waals surface area (Å²) in [5.41, 5.74) is -0.164. The van der Waals surface area contributed by atoms with Crippen molar-refractivity contribution in [1.82, 2.24) is 4.31 Å². The largest absolute Gasteiger partial charge is 0.454 e. The Bertz CT molecular complexity index is 1050. The molecule has 3 rings (SSSR count). The second kappa shape index (κ2) is 9.44. The topological polar surface area (TPSA) is 80.8 Å².